The van der Waals surface area contributed by atoms with Crippen molar-refractivity contribution in [3.05, 3.63) is 89.5 Å². The molecule has 0 aliphatic rings. The summed E-state index contributed by atoms with van der Waals surface area (Å²) in [5, 5.41) is 6.45. The van der Waals surface area contributed by atoms with Crippen LogP contribution in [0.15, 0.2) is 66.9 Å². The Kier molecular flexibility index (Phi) is 7.77. The van der Waals surface area contributed by atoms with Gasteiger partial charge >= 0.3 is 12.1 Å². The average molecular weight is 542 g/mol. The summed E-state index contributed by atoms with van der Waals surface area (Å²) in [4.78, 5) is 29.7. The molecule has 2 heterocycles. The number of nitrogens with two attached hydrogens (primary N) is 1. The standard InChI is InChI=1S/C27H23F4N5O3/c1-3-39-26(38)23(32)22-10-9-16(15-7-5-4-6-8-15)24(33-22)34-25(37)18-13-17(21-11-12-36(2)35-21)19(14-20(18)28)27(29,30)31/h4-14,23H,3,32H2,1-2H3,(H,33,34,37). The van der Waals surface area contributed by atoms with Gasteiger partial charge in [0.15, 0.2) is 0 Å². The van der Waals surface area contributed by atoms with E-state index in [2.05, 4.69) is 15.4 Å². The number of alkyl halides is 3. The largest absolute Gasteiger partial charge is 0.465 e. The number of aryl methyl sites for hydroxylation is 1. The van der Waals surface area contributed by atoms with Crippen LogP contribution in [0.5, 0.6) is 0 Å². The van der Waals surface area contributed by atoms with Gasteiger partial charge in [-0.25, -0.2) is 14.2 Å². The Bertz CT molecular complexity index is 1520. The molecular weight excluding hydrogens is 518 g/mol. The molecule has 8 nitrogen and oxygen atoms in total. The van der Waals surface area contributed by atoms with Crippen LogP contribution in [-0.4, -0.2) is 33.2 Å². The minimum absolute atomic E-state index is 0.0606. The quantitative estimate of drug-likeness (QED) is 0.248. The van der Waals surface area contributed by atoms with Gasteiger partial charge in [0.2, 0.25) is 0 Å². The fraction of sp³-hybridized carbons (Fsp3) is 0.185. The molecular formula is C27H23F4N5O3. The molecule has 1 amide bonds. The molecule has 4 rings (SSSR count). The van der Waals surface area contributed by atoms with E-state index in [4.69, 9.17) is 10.5 Å². The van der Waals surface area contributed by atoms with Crippen molar-refractivity contribution in [2.45, 2.75) is 19.1 Å². The highest BCUT2D eigenvalue weighted by Gasteiger charge is 2.36. The molecule has 0 aliphatic heterocycles. The molecule has 2 aromatic carbocycles. The first-order valence-electron chi connectivity index (χ1n) is 11.7. The predicted octanol–water partition coefficient (Wildman–Crippen LogP) is 5.12. The summed E-state index contributed by atoms with van der Waals surface area (Å²) in [5.41, 5.74) is 4.55. The molecule has 3 N–H and O–H groups in total. The number of halogens is 4. The molecule has 0 spiro atoms. The van der Waals surface area contributed by atoms with Gasteiger partial charge in [0, 0.05) is 24.4 Å². The lowest BCUT2D eigenvalue weighted by Gasteiger charge is -2.17. The highest BCUT2D eigenvalue weighted by atomic mass is 19.4. The first kappa shape index (κ1) is 27.5. The van der Waals surface area contributed by atoms with Crippen molar-refractivity contribution in [1.29, 1.82) is 0 Å². The number of benzene rings is 2. The SMILES string of the molecule is CCOC(=O)C(N)c1ccc(-c2ccccc2)c(NC(=O)c2cc(-c3ccn(C)n3)c(C(F)(F)F)cc2F)n1. The molecule has 0 saturated carbocycles. The highest BCUT2D eigenvalue weighted by Crippen LogP contribution is 2.38. The summed E-state index contributed by atoms with van der Waals surface area (Å²) in [7, 11) is 1.51. The van der Waals surface area contributed by atoms with Crippen molar-refractivity contribution in [3.8, 4) is 22.4 Å². The van der Waals surface area contributed by atoms with Crippen LogP contribution in [0.25, 0.3) is 22.4 Å². The zero-order valence-electron chi connectivity index (χ0n) is 20.8. The summed E-state index contributed by atoms with van der Waals surface area (Å²) in [6.45, 7) is 1.70. The molecule has 0 fully saturated rings. The average Bonchev–Trinajstić information content (AvgIpc) is 3.34. The minimum Gasteiger partial charge on any atom is -0.465 e. The number of amides is 1. The number of esters is 1. The summed E-state index contributed by atoms with van der Waals surface area (Å²) in [6, 6.07) is 12.9. The van der Waals surface area contributed by atoms with Crippen LogP contribution in [0.3, 0.4) is 0 Å². The smallest absolute Gasteiger partial charge is 0.417 e. The van der Waals surface area contributed by atoms with Gasteiger partial charge < -0.3 is 15.8 Å². The number of pyridine rings is 1. The summed E-state index contributed by atoms with van der Waals surface area (Å²) >= 11 is 0. The molecule has 0 radical (unpaired) electrons. The van der Waals surface area contributed by atoms with Gasteiger partial charge in [0.25, 0.3) is 5.91 Å². The third-order valence-electron chi connectivity index (χ3n) is 5.74. The van der Waals surface area contributed by atoms with Gasteiger partial charge in [-0.05, 0) is 42.8 Å². The lowest BCUT2D eigenvalue weighted by atomic mass is 9.99. The van der Waals surface area contributed by atoms with Crippen molar-refractivity contribution in [2.75, 3.05) is 11.9 Å². The Morgan fingerprint density at radius 2 is 1.79 bits per heavy atom. The van der Waals surface area contributed by atoms with E-state index in [0.717, 1.165) is 6.07 Å². The van der Waals surface area contributed by atoms with Gasteiger partial charge in [-0.3, -0.25) is 9.48 Å². The maximum Gasteiger partial charge on any atom is 0.417 e. The normalized spacial score (nSPS) is 12.2. The van der Waals surface area contributed by atoms with E-state index in [0.29, 0.717) is 11.1 Å². The van der Waals surface area contributed by atoms with Crippen LogP contribution in [0, 0.1) is 5.82 Å². The Morgan fingerprint density at radius 1 is 1.08 bits per heavy atom. The second-order valence-electron chi connectivity index (χ2n) is 8.43. The van der Waals surface area contributed by atoms with E-state index in [1.54, 1.807) is 43.3 Å². The fourth-order valence-corrected chi connectivity index (χ4v) is 3.87. The van der Waals surface area contributed by atoms with Crippen molar-refractivity contribution in [2.24, 2.45) is 12.8 Å². The molecule has 1 atom stereocenters. The van der Waals surface area contributed by atoms with Gasteiger partial charge in [-0.15, -0.1) is 0 Å². The number of nitrogens with one attached hydrogen (secondary N) is 1. The second kappa shape index (κ2) is 11.0. The first-order valence-corrected chi connectivity index (χ1v) is 11.7. The number of carbonyl (C=O) groups excluding carboxylic acids is 2. The van der Waals surface area contributed by atoms with Crippen LogP contribution in [0.1, 0.15) is 34.6 Å². The number of nitrogens with zero attached hydrogens (tertiary/aromatic N) is 3. The maximum absolute atomic E-state index is 15.0. The topological polar surface area (TPSA) is 112 Å². The van der Waals surface area contributed by atoms with Crippen LogP contribution in [-0.2, 0) is 22.8 Å². The molecule has 202 valence electrons. The Hall–Kier alpha value is -4.58. The predicted molar refractivity (Wildman–Crippen MR) is 135 cm³/mol. The first-order chi connectivity index (χ1) is 18.5. The zero-order valence-corrected chi connectivity index (χ0v) is 20.8. The number of hydrogen-bond acceptors (Lipinski definition) is 6. The van der Waals surface area contributed by atoms with Crippen molar-refractivity contribution < 1.29 is 31.9 Å². The molecule has 0 aliphatic carbocycles. The van der Waals surface area contributed by atoms with Crippen molar-refractivity contribution in [1.82, 2.24) is 14.8 Å². The van der Waals surface area contributed by atoms with Crippen LogP contribution < -0.4 is 11.1 Å². The zero-order chi connectivity index (χ0) is 28.3. The lowest BCUT2D eigenvalue weighted by molar-refractivity contribution is -0.145. The highest BCUT2D eigenvalue weighted by molar-refractivity contribution is 6.06. The Morgan fingerprint density at radius 3 is 2.41 bits per heavy atom. The number of hydrogen-bond donors (Lipinski definition) is 2. The number of carbonyl (C=O) groups is 2. The van der Waals surface area contributed by atoms with E-state index in [9.17, 15) is 27.2 Å². The summed E-state index contributed by atoms with van der Waals surface area (Å²) in [5.74, 6) is -3.28. The molecule has 12 heteroatoms. The van der Waals surface area contributed by atoms with E-state index >= 15 is 0 Å². The van der Waals surface area contributed by atoms with Crippen LogP contribution in [0.4, 0.5) is 23.4 Å². The third-order valence-corrected chi connectivity index (χ3v) is 5.74. The monoisotopic (exact) mass is 541 g/mol. The Labute approximate surface area is 220 Å². The van der Waals surface area contributed by atoms with E-state index < -0.39 is 46.6 Å². The van der Waals surface area contributed by atoms with Crippen LogP contribution >= 0.6 is 0 Å². The number of aromatic nitrogens is 3. The van der Waals surface area contributed by atoms with E-state index in [1.165, 1.54) is 30.1 Å². The van der Waals surface area contributed by atoms with Crippen molar-refractivity contribution >= 4 is 17.7 Å². The third kappa shape index (κ3) is 5.96. The molecule has 1 unspecified atom stereocenters. The fourth-order valence-electron chi connectivity index (χ4n) is 3.87. The molecule has 0 saturated heterocycles. The molecule has 4 aromatic rings. The second-order valence-corrected chi connectivity index (χ2v) is 8.43. The molecule has 0 bridgehead atoms. The van der Waals surface area contributed by atoms with Crippen LogP contribution in [0.2, 0.25) is 0 Å². The minimum atomic E-state index is -4.90. The molecule has 2 aromatic heterocycles. The number of anilines is 1. The number of rotatable bonds is 7. The Balaban J connectivity index is 1.79. The summed E-state index contributed by atoms with van der Waals surface area (Å²) in [6.07, 6.45) is -3.48. The van der Waals surface area contributed by atoms with Gasteiger partial charge in [-0.1, -0.05) is 30.3 Å². The maximum atomic E-state index is 15.0. The van der Waals surface area contributed by atoms with Crippen molar-refractivity contribution in [3.63, 3.8) is 0 Å². The van der Waals surface area contributed by atoms with Gasteiger partial charge in [-0.2, -0.15) is 18.3 Å². The summed E-state index contributed by atoms with van der Waals surface area (Å²) < 4.78 is 62.3. The van der Waals surface area contributed by atoms with Gasteiger partial charge in [0.1, 0.15) is 17.7 Å². The van der Waals surface area contributed by atoms with Gasteiger partial charge in [0.05, 0.1) is 29.1 Å². The lowest BCUT2D eigenvalue weighted by Crippen LogP contribution is -2.25. The van der Waals surface area contributed by atoms with E-state index in [-0.39, 0.29) is 29.9 Å². The number of ether oxygens (including phenoxy) is 1. The van der Waals surface area contributed by atoms with E-state index in [1.807, 2.05) is 0 Å². The molecule has 39 heavy (non-hydrogen) atoms.